The van der Waals surface area contributed by atoms with Crippen molar-refractivity contribution in [2.24, 2.45) is 5.10 Å². The number of benzene rings is 2. The molecule has 0 saturated carbocycles. The van der Waals surface area contributed by atoms with E-state index in [0.717, 1.165) is 16.9 Å². The predicted molar refractivity (Wildman–Crippen MR) is 110 cm³/mol. The Labute approximate surface area is 156 Å². The Hall–Kier alpha value is -2.42. The van der Waals surface area contributed by atoms with Gasteiger partial charge in [0, 0.05) is 30.4 Å². The van der Waals surface area contributed by atoms with Crippen molar-refractivity contribution in [3.05, 3.63) is 77.6 Å². The van der Waals surface area contributed by atoms with E-state index in [0.29, 0.717) is 8.58 Å². The second-order valence-electron chi connectivity index (χ2n) is 6.03. The summed E-state index contributed by atoms with van der Waals surface area (Å²) < 4.78 is 12.7. The van der Waals surface area contributed by atoms with Crippen LogP contribution in [-0.2, 0) is 4.74 Å². The molecular weight excluding hydrogens is 343 g/mol. The Morgan fingerprint density at radius 3 is 2.58 bits per heavy atom. The third kappa shape index (κ3) is 4.60. The topological polar surface area (TPSA) is 35.8 Å². The molecule has 1 atom stereocenters. The van der Waals surface area contributed by atoms with Crippen LogP contribution in [0.2, 0.25) is 0 Å². The van der Waals surface area contributed by atoms with Gasteiger partial charge in [-0.3, -0.25) is 0 Å². The molecule has 0 N–H and O–H groups in total. The molecule has 4 nitrogen and oxygen atoms in total. The van der Waals surface area contributed by atoms with Crippen molar-refractivity contribution >= 4 is 25.4 Å². The van der Waals surface area contributed by atoms with Gasteiger partial charge in [-0.05, 0) is 48.5 Å². The third-order valence-corrected chi connectivity index (χ3v) is 5.25. The number of methoxy groups -OCH3 is 1. The van der Waals surface area contributed by atoms with Gasteiger partial charge in [0.05, 0.1) is 6.21 Å². The highest BCUT2D eigenvalue weighted by atomic mass is 31.1. The minimum absolute atomic E-state index is 0.248. The van der Waals surface area contributed by atoms with Crippen molar-refractivity contribution < 1.29 is 9.47 Å². The number of hydrogen-bond donors (Lipinski definition) is 0. The van der Waals surface area contributed by atoms with E-state index in [4.69, 9.17) is 9.47 Å². The quantitative estimate of drug-likeness (QED) is 0.364. The van der Waals surface area contributed by atoms with Crippen LogP contribution in [0, 0.1) is 13.8 Å². The number of aryl methyl sites for hydroxylation is 2. The Balaban J connectivity index is 1.92. The zero-order chi connectivity index (χ0) is 18.4. The van der Waals surface area contributed by atoms with E-state index < -0.39 is 0 Å². The van der Waals surface area contributed by atoms with E-state index in [9.17, 15) is 0 Å². The van der Waals surface area contributed by atoms with Crippen LogP contribution in [-0.4, -0.2) is 24.8 Å². The first-order valence-corrected chi connectivity index (χ1v) is 9.44. The molecule has 1 unspecified atom stereocenters. The smallest absolute Gasteiger partial charge is 0.188 e. The van der Waals surface area contributed by atoms with Gasteiger partial charge in [0.25, 0.3) is 0 Å². The summed E-state index contributed by atoms with van der Waals surface area (Å²) in [7, 11) is 2.11. The summed E-state index contributed by atoms with van der Waals surface area (Å²) in [4.78, 5) is 0. The second kappa shape index (κ2) is 8.79. The molecule has 1 aromatic heterocycles. The van der Waals surface area contributed by atoms with Crippen molar-refractivity contribution in [1.82, 2.24) is 4.68 Å². The first kappa shape index (κ1) is 18.4. The van der Waals surface area contributed by atoms with Gasteiger partial charge in [-0.2, -0.15) is 5.10 Å². The van der Waals surface area contributed by atoms with E-state index in [1.165, 1.54) is 16.2 Å². The third-order valence-electron chi connectivity index (χ3n) is 3.89. The van der Waals surface area contributed by atoms with Gasteiger partial charge < -0.3 is 9.47 Å². The number of hydrogen-bond acceptors (Lipinski definition) is 3. The van der Waals surface area contributed by atoms with Gasteiger partial charge in [0.15, 0.2) is 6.79 Å². The Kier molecular flexibility index (Phi) is 6.21. The normalized spacial score (nSPS) is 11.7. The fourth-order valence-corrected chi connectivity index (χ4v) is 4.20. The Morgan fingerprint density at radius 1 is 1.04 bits per heavy atom. The molecule has 26 heavy (non-hydrogen) atoms. The van der Waals surface area contributed by atoms with E-state index in [2.05, 4.69) is 49.3 Å². The van der Waals surface area contributed by atoms with E-state index in [1.807, 2.05) is 36.8 Å². The lowest BCUT2D eigenvalue weighted by Gasteiger charge is -2.16. The van der Waals surface area contributed by atoms with Crippen LogP contribution in [0.15, 0.2) is 66.0 Å². The maximum atomic E-state index is 5.85. The molecular formula is C21H23N2O2P. The zero-order valence-corrected chi connectivity index (χ0v) is 16.3. The van der Waals surface area contributed by atoms with Crippen LogP contribution in [0.3, 0.4) is 0 Å². The van der Waals surface area contributed by atoms with Crippen molar-refractivity contribution in [3.8, 4) is 5.75 Å². The average Bonchev–Trinajstić information content (AvgIpc) is 3.14. The lowest BCUT2D eigenvalue weighted by Crippen LogP contribution is -2.14. The van der Waals surface area contributed by atoms with Crippen LogP contribution < -0.4 is 15.3 Å². The van der Waals surface area contributed by atoms with Gasteiger partial charge in [-0.15, -0.1) is 0 Å². The largest absolute Gasteiger partial charge is 0.467 e. The van der Waals surface area contributed by atoms with Crippen molar-refractivity contribution in [1.29, 1.82) is 0 Å². The molecule has 3 aromatic rings. The molecule has 0 amide bonds. The maximum absolute atomic E-state index is 5.85. The fourth-order valence-electron chi connectivity index (χ4n) is 2.76. The molecule has 3 rings (SSSR count). The van der Waals surface area contributed by atoms with E-state index in [1.54, 1.807) is 11.8 Å². The van der Waals surface area contributed by atoms with E-state index in [-0.39, 0.29) is 6.79 Å². The summed E-state index contributed by atoms with van der Waals surface area (Å²) in [6, 6.07) is 16.6. The van der Waals surface area contributed by atoms with Crippen LogP contribution in [0.4, 0.5) is 0 Å². The highest BCUT2D eigenvalue weighted by Crippen LogP contribution is 2.25. The standard InChI is InChI=1S/C21H23N2O2P/c1-16-12-17(2)21(25-15-24-3)20(13-16)26-19-9-5-4-8-18(19)14-22-23-10-6-7-11-23/h4-14,26H,15H2,1-3H3. The lowest BCUT2D eigenvalue weighted by molar-refractivity contribution is 0.0514. The van der Waals surface area contributed by atoms with Gasteiger partial charge in [0.1, 0.15) is 5.75 Å². The number of ether oxygens (including phenoxy) is 2. The molecule has 0 aliphatic heterocycles. The number of nitrogens with zero attached hydrogens (tertiary/aromatic N) is 2. The molecule has 5 heteroatoms. The highest BCUT2D eigenvalue weighted by Gasteiger charge is 2.11. The highest BCUT2D eigenvalue weighted by molar-refractivity contribution is 7.56. The average molecular weight is 366 g/mol. The van der Waals surface area contributed by atoms with Crippen LogP contribution in [0.5, 0.6) is 5.75 Å². The Bertz CT molecular complexity index is 889. The van der Waals surface area contributed by atoms with E-state index >= 15 is 0 Å². The molecule has 0 spiro atoms. The summed E-state index contributed by atoms with van der Waals surface area (Å²) in [5, 5.41) is 6.90. The number of aromatic nitrogens is 1. The summed E-state index contributed by atoms with van der Waals surface area (Å²) >= 11 is 0. The first-order chi connectivity index (χ1) is 12.7. The minimum Gasteiger partial charge on any atom is -0.467 e. The molecule has 0 aliphatic carbocycles. The van der Waals surface area contributed by atoms with Crippen LogP contribution in [0.1, 0.15) is 16.7 Å². The van der Waals surface area contributed by atoms with Crippen molar-refractivity contribution in [3.63, 3.8) is 0 Å². The molecule has 1 heterocycles. The van der Waals surface area contributed by atoms with Gasteiger partial charge in [-0.1, -0.05) is 38.9 Å². The molecule has 0 fully saturated rings. The molecule has 0 saturated heterocycles. The van der Waals surface area contributed by atoms with Gasteiger partial charge >= 0.3 is 0 Å². The minimum atomic E-state index is 0.248. The summed E-state index contributed by atoms with van der Waals surface area (Å²) in [5.74, 6) is 0.910. The second-order valence-corrected chi connectivity index (χ2v) is 7.36. The molecule has 134 valence electrons. The number of rotatable bonds is 7. The van der Waals surface area contributed by atoms with Crippen molar-refractivity contribution in [2.75, 3.05) is 13.9 Å². The van der Waals surface area contributed by atoms with Crippen LogP contribution in [0.25, 0.3) is 0 Å². The maximum Gasteiger partial charge on any atom is 0.188 e. The van der Waals surface area contributed by atoms with Gasteiger partial charge in [0.2, 0.25) is 0 Å². The summed E-state index contributed by atoms with van der Waals surface area (Å²) in [6.07, 6.45) is 5.74. The molecule has 0 bridgehead atoms. The SMILES string of the molecule is COCOc1c(C)cc(C)cc1Pc1ccccc1C=Nn1cccc1. The monoisotopic (exact) mass is 366 g/mol. The molecule has 0 aliphatic rings. The lowest BCUT2D eigenvalue weighted by atomic mass is 10.1. The van der Waals surface area contributed by atoms with Gasteiger partial charge in [-0.25, -0.2) is 4.68 Å². The van der Waals surface area contributed by atoms with Crippen molar-refractivity contribution in [2.45, 2.75) is 13.8 Å². The summed E-state index contributed by atoms with van der Waals surface area (Å²) in [6.45, 7) is 4.43. The molecule has 2 aromatic carbocycles. The first-order valence-electron chi connectivity index (χ1n) is 8.44. The summed E-state index contributed by atoms with van der Waals surface area (Å²) in [5.41, 5.74) is 3.47. The zero-order valence-electron chi connectivity index (χ0n) is 15.3. The predicted octanol–water partition coefficient (Wildman–Crippen LogP) is 3.60. The fraction of sp³-hybridized carbons (Fsp3) is 0.190. The van der Waals surface area contributed by atoms with Crippen LogP contribution >= 0.6 is 8.58 Å². The molecule has 0 radical (unpaired) electrons. The Morgan fingerprint density at radius 2 is 1.81 bits per heavy atom.